The Hall–Kier alpha value is -2.95. The first-order valence-electron chi connectivity index (χ1n) is 12.1. The van der Waals surface area contributed by atoms with Crippen LogP contribution in [0.25, 0.3) is 42.7 Å². The predicted octanol–water partition coefficient (Wildman–Crippen LogP) is 8.32. The van der Waals surface area contributed by atoms with Gasteiger partial charge in [-0.2, -0.15) is 11.3 Å². The second-order valence-corrected chi connectivity index (χ2v) is 15.9. The molecule has 187 valence electrons. The molecule has 37 heavy (non-hydrogen) atoms. The number of rotatable bonds is 3. The SMILES string of the molecule is Cc1ccc(-c2[c-]ccc3c2sc2c([Si](C)(C)C)cccc23)nc1.[Ir].[c-]1ccccc1-c1ccccn1. The summed E-state index contributed by atoms with van der Waals surface area (Å²) in [5.74, 6) is 0. The predicted molar refractivity (Wildman–Crippen MR) is 158 cm³/mol. The summed E-state index contributed by atoms with van der Waals surface area (Å²) < 4.78 is 2.74. The quantitative estimate of drug-likeness (QED) is 0.138. The van der Waals surface area contributed by atoms with E-state index in [0.717, 1.165) is 22.5 Å². The fraction of sp³-hybridized carbons (Fsp3) is 0.125. The molecule has 0 aliphatic heterocycles. The Morgan fingerprint density at radius 3 is 2.19 bits per heavy atom. The topological polar surface area (TPSA) is 25.8 Å². The Bertz CT molecular complexity index is 1570. The zero-order valence-corrected chi connectivity index (χ0v) is 25.6. The molecular formula is C32H28IrN2SSi-2. The van der Waals surface area contributed by atoms with Crippen molar-refractivity contribution in [2.24, 2.45) is 0 Å². The molecule has 0 bridgehead atoms. The molecule has 6 aromatic rings. The summed E-state index contributed by atoms with van der Waals surface area (Å²) in [6, 6.07) is 35.5. The van der Waals surface area contributed by atoms with Crippen LogP contribution in [0.1, 0.15) is 5.56 Å². The minimum absolute atomic E-state index is 0. The van der Waals surface area contributed by atoms with Gasteiger partial charge in [-0.25, -0.2) is 0 Å². The van der Waals surface area contributed by atoms with Crippen molar-refractivity contribution >= 4 is 44.8 Å². The van der Waals surface area contributed by atoms with Crippen LogP contribution in [-0.4, -0.2) is 18.0 Å². The van der Waals surface area contributed by atoms with Crippen LogP contribution < -0.4 is 5.19 Å². The van der Waals surface area contributed by atoms with Gasteiger partial charge in [0.2, 0.25) is 0 Å². The molecule has 3 aromatic carbocycles. The van der Waals surface area contributed by atoms with Crippen LogP contribution in [0.5, 0.6) is 0 Å². The summed E-state index contributed by atoms with van der Waals surface area (Å²) in [5, 5.41) is 4.24. The first-order chi connectivity index (χ1) is 17.4. The van der Waals surface area contributed by atoms with Crippen molar-refractivity contribution in [3.8, 4) is 22.5 Å². The maximum absolute atomic E-state index is 4.62. The largest absolute Gasteiger partial charge is 0.305 e. The third kappa shape index (κ3) is 5.97. The average molecular weight is 693 g/mol. The molecule has 0 spiro atoms. The number of thiophene rings is 1. The van der Waals surface area contributed by atoms with E-state index in [-0.39, 0.29) is 20.1 Å². The Morgan fingerprint density at radius 2 is 1.51 bits per heavy atom. The van der Waals surface area contributed by atoms with Crippen molar-refractivity contribution in [2.45, 2.75) is 26.6 Å². The zero-order valence-electron chi connectivity index (χ0n) is 21.4. The molecule has 2 nitrogen and oxygen atoms in total. The third-order valence-electron chi connectivity index (χ3n) is 6.08. The molecular weight excluding hydrogens is 665 g/mol. The van der Waals surface area contributed by atoms with Crippen LogP contribution >= 0.6 is 11.3 Å². The van der Waals surface area contributed by atoms with E-state index < -0.39 is 8.07 Å². The molecule has 1 radical (unpaired) electrons. The van der Waals surface area contributed by atoms with E-state index in [0.29, 0.717) is 0 Å². The first kappa shape index (κ1) is 27.1. The van der Waals surface area contributed by atoms with Gasteiger partial charge in [0.25, 0.3) is 0 Å². The monoisotopic (exact) mass is 693 g/mol. The minimum Gasteiger partial charge on any atom is -0.305 e. The van der Waals surface area contributed by atoms with Gasteiger partial charge in [-0.15, -0.1) is 59.7 Å². The molecule has 0 amide bonds. The average Bonchev–Trinajstić information content (AvgIpc) is 3.29. The summed E-state index contributed by atoms with van der Waals surface area (Å²) in [7, 11) is -1.38. The summed E-state index contributed by atoms with van der Waals surface area (Å²) in [5.41, 5.74) is 5.32. The number of aromatic nitrogens is 2. The Kier molecular flexibility index (Phi) is 8.51. The number of hydrogen-bond acceptors (Lipinski definition) is 3. The standard InChI is InChI=1S/C21H20NSSi.C11H8N.Ir/c1-14-11-12-18(22-13-14)17-9-5-7-15-16-8-6-10-19(24(2,3)4)21(16)23-20(15)17;1-2-6-10(7-3-1)11-8-4-5-9-12-11;/h5-8,10-13H,1-4H3;1-6,8-9H;/q2*-1;. The van der Waals surface area contributed by atoms with Crippen molar-refractivity contribution < 1.29 is 20.1 Å². The molecule has 3 heterocycles. The molecule has 0 aliphatic carbocycles. The van der Waals surface area contributed by atoms with Gasteiger partial charge in [0.15, 0.2) is 0 Å². The van der Waals surface area contributed by atoms with Gasteiger partial charge in [0.1, 0.15) is 0 Å². The second kappa shape index (κ2) is 11.6. The van der Waals surface area contributed by atoms with Crippen molar-refractivity contribution in [2.75, 3.05) is 0 Å². The van der Waals surface area contributed by atoms with E-state index in [1.165, 1.54) is 25.7 Å². The fourth-order valence-corrected chi connectivity index (χ4v) is 7.94. The van der Waals surface area contributed by atoms with Crippen LogP contribution in [0.3, 0.4) is 0 Å². The van der Waals surface area contributed by atoms with Gasteiger partial charge in [-0.1, -0.05) is 67.5 Å². The number of hydrogen-bond donors (Lipinski definition) is 0. The van der Waals surface area contributed by atoms with Crippen molar-refractivity contribution in [1.82, 2.24) is 9.97 Å². The van der Waals surface area contributed by atoms with E-state index in [1.807, 2.05) is 66.1 Å². The van der Waals surface area contributed by atoms with E-state index in [1.54, 1.807) is 11.4 Å². The van der Waals surface area contributed by atoms with Crippen LogP contribution in [0, 0.1) is 19.1 Å². The van der Waals surface area contributed by atoms with Gasteiger partial charge in [-0.05, 0) is 45.2 Å². The summed E-state index contributed by atoms with van der Waals surface area (Å²) in [4.78, 5) is 8.84. The first-order valence-corrected chi connectivity index (χ1v) is 16.4. The van der Waals surface area contributed by atoms with E-state index in [9.17, 15) is 0 Å². The Labute approximate surface area is 237 Å². The molecule has 0 saturated carbocycles. The Balaban J connectivity index is 0.000000208. The number of nitrogens with zero attached hydrogens (tertiary/aromatic N) is 2. The molecule has 0 N–H and O–H groups in total. The molecule has 0 fully saturated rings. The molecule has 6 rings (SSSR count). The van der Waals surface area contributed by atoms with E-state index in [4.69, 9.17) is 0 Å². The van der Waals surface area contributed by atoms with Crippen LogP contribution in [0.2, 0.25) is 19.6 Å². The van der Waals surface area contributed by atoms with Gasteiger partial charge in [0.05, 0.1) is 8.07 Å². The number of pyridine rings is 2. The van der Waals surface area contributed by atoms with Crippen LogP contribution in [0.15, 0.2) is 97.3 Å². The number of fused-ring (bicyclic) bond motifs is 3. The Morgan fingerprint density at radius 1 is 0.703 bits per heavy atom. The van der Waals surface area contributed by atoms with Gasteiger partial charge >= 0.3 is 0 Å². The molecule has 0 aliphatic rings. The summed E-state index contributed by atoms with van der Waals surface area (Å²) >= 11 is 1.90. The summed E-state index contributed by atoms with van der Waals surface area (Å²) in [6.07, 6.45) is 3.72. The molecule has 5 heteroatoms. The normalized spacial score (nSPS) is 11.0. The van der Waals surface area contributed by atoms with Gasteiger partial charge < -0.3 is 9.97 Å². The number of benzene rings is 3. The van der Waals surface area contributed by atoms with Crippen molar-refractivity contribution in [1.29, 1.82) is 0 Å². The molecule has 0 unspecified atom stereocenters. The van der Waals surface area contributed by atoms with Crippen LogP contribution in [-0.2, 0) is 20.1 Å². The molecule has 0 saturated heterocycles. The van der Waals surface area contributed by atoms with Gasteiger partial charge in [-0.3, -0.25) is 0 Å². The second-order valence-electron chi connectivity index (χ2n) is 9.84. The van der Waals surface area contributed by atoms with Crippen molar-refractivity contribution in [3.05, 3.63) is 115 Å². The zero-order chi connectivity index (χ0) is 25.1. The van der Waals surface area contributed by atoms with Gasteiger partial charge in [0, 0.05) is 37.2 Å². The summed E-state index contributed by atoms with van der Waals surface area (Å²) in [6.45, 7) is 9.32. The van der Waals surface area contributed by atoms with E-state index in [2.05, 4.69) is 85.1 Å². The van der Waals surface area contributed by atoms with E-state index >= 15 is 0 Å². The molecule has 0 atom stereocenters. The maximum Gasteiger partial charge on any atom is 0.0794 e. The van der Waals surface area contributed by atoms with Crippen molar-refractivity contribution in [3.63, 3.8) is 0 Å². The maximum atomic E-state index is 4.62. The minimum atomic E-state index is -1.38. The number of aryl methyl sites for hydroxylation is 1. The fourth-order valence-electron chi connectivity index (χ4n) is 4.23. The smallest absolute Gasteiger partial charge is 0.0794 e. The molecule has 3 aromatic heterocycles. The third-order valence-corrected chi connectivity index (χ3v) is 9.57. The van der Waals surface area contributed by atoms with Crippen LogP contribution in [0.4, 0.5) is 0 Å².